The summed E-state index contributed by atoms with van der Waals surface area (Å²) >= 11 is 0. The molecule has 1 N–H and O–H groups in total. The zero-order valence-electron chi connectivity index (χ0n) is 9.60. The number of hydrogen-bond acceptors (Lipinski definition) is 2. The highest BCUT2D eigenvalue weighted by molar-refractivity contribution is 5.86. The van der Waals surface area contributed by atoms with E-state index in [0.29, 0.717) is 0 Å². The Labute approximate surface area is 95.4 Å². The Morgan fingerprint density at radius 2 is 1.81 bits per heavy atom. The van der Waals surface area contributed by atoms with E-state index >= 15 is 0 Å². The summed E-state index contributed by atoms with van der Waals surface area (Å²) in [6.45, 7) is 3.90. The first-order chi connectivity index (χ1) is 7.71. The summed E-state index contributed by atoms with van der Waals surface area (Å²) < 4.78 is 0. The lowest BCUT2D eigenvalue weighted by Crippen LogP contribution is -2.23. The highest BCUT2D eigenvalue weighted by Gasteiger charge is 2.27. The second-order valence-corrected chi connectivity index (χ2v) is 4.20. The molecule has 0 amide bonds. The van der Waals surface area contributed by atoms with E-state index in [0.717, 1.165) is 22.8 Å². The minimum absolute atomic E-state index is 0.638. The van der Waals surface area contributed by atoms with Crippen LogP contribution in [0.1, 0.15) is 25.8 Å². The fourth-order valence-corrected chi connectivity index (χ4v) is 1.99. The Morgan fingerprint density at radius 3 is 2.50 bits per heavy atom. The first-order valence-corrected chi connectivity index (χ1v) is 5.52. The lowest BCUT2D eigenvalue weighted by molar-refractivity contribution is -0.324. The molecule has 0 saturated carbocycles. The van der Waals surface area contributed by atoms with Crippen LogP contribution < -0.4 is 0 Å². The minimum atomic E-state index is -0.638. The Morgan fingerprint density at radius 1 is 1.12 bits per heavy atom. The molecule has 2 aromatic rings. The van der Waals surface area contributed by atoms with Gasteiger partial charge in [-0.15, -0.1) is 0 Å². The van der Waals surface area contributed by atoms with Gasteiger partial charge in [-0.05, 0) is 29.7 Å². The molecule has 16 heavy (non-hydrogen) atoms. The summed E-state index contributed by atoms with van der Waals surface area (Å²) in [5.74, 6) is 0. The summed E-state index contributed by atoms with van der Waals surface area (Å²) in [7, 11) is 0. The standard InChI is InChI=1S/C14H16O2/c1-3-14(2,16-15)13-10-6-8-11-7-4-5-9-12(11)13/h4-10,15H,3H2,1-2H3. The van der Waals surface area contributed by atoms with Crippen molar-refractivity contribution in [3.8, 4) is 0 Å². The van der Waals surface area contributed by atoms with E-state index in [2.05, 4.69) is 23.1 Å². The lowest BCUT2D eigenvalue weighted by atomic mass is 9.89. The van der Waals surface area contributed by atoms with Crippen LogP contribution in [0.5, 0.6) is 0 Å². The lowest BCUT2D eigenvalue weighted by Gasteiger charge is -2.26. The van der Waals surface area contributed by atoms with Crippen LogP contribution in [0, 0.1) is 0 Å². The topological polar surface area (TPSA) is 29.5 Å². The Bertz CT molecular complexity index is 482. The van der Waals surface area contributed by atoms with E-state index in [4.69, 9.17) is 5.26 Å². The minimum Gasteiger partial charge on any atom is -0.251 e. The van der Waals surface area contributed by atoms with Crippen LogP contribution in [0.3, 0.4) is 0 Å². The molecule has 0 aliphatic carbocycles. The maximum Gasteiger partial charge on any atom is 0.126 e. The monoisotopic (exact) mass is 216 g/mol. The van der Waals surface area contributed by atoms with Gasteiger partial charge in [-0.3, -0.25) is 5.26 Å². The van der Waals surface area contributed by atoms with Gasteiger partial charge in [0.05, 0.1) is 0 Å². The zero-order valence-corrected chi connectivity index (χ0v) is 9.60. The van der Waals surface area contributed by atoms with Crippen LogP contribution in [-0.2, 0) is 10.5 Å². The molecule has 2 rings (SSSR count). The SMILES string of the molecule is CCC(C)(OO)c1cccc2ccccc12. The third kappa shape index (κ3) is 1.70. The van der Waals surface area contributed by atoms with Crippen LogP contribution in [-0.4, -0.2) is 5.26 Å². The average molecular weight is 216 g/mol. The molecule has 0 spiro atoms. The number of rotatable bonds is 3. The molecule has 0 fully saturated rings. The highest BCUT2D eigenvalue weighted by Crippen LogP contribution is 2.33. The smallest absolute Gasteiger partial charge is 0.126 e. The maximum atomic E-state index is 9.10. The quantitative estimate of drug-likeness (QED) is 0.621. The van der Waals surface area contributed by atoms with Crippen LogP contribution in [0.25, 0.3) is 10.8 Å². The van der Waals surface area contributed by atoms with Crippen molar-refractivity contribution in [1.82, 2.24) is 0 Å². The van der Waals surface area contributed by atoms with Gasteiger partial charge in [-0.1, -0.05) is 49.4 Å². The highest BCUT2D eigenvalue weighted by atomic mass is 17.1. The summed E-state index contributed by atoms with van der Waals surface area (Å²) in [5, 5.41) is 11.4. The van der Waals surface area contributed by atoms with E-state index < -0.39 is 5.60 Å². The predicted octanol–water partition coefficient (Wildman–Crippen LogP) is 3.95. The largest absolute Gasteiger partial charge is 0.251 e. The molecule has 1 atom stereocenters. The Balaban J connectivity index is 2.69. The predicted molar refractivity (Wildman–Crippen MR) is 65.3 cm³/mol. The molecule has 0 saturated heterocycles. The second kappa shape index (κ2) is 4.24. The number of benzene rings is 2. The molecule has 1 unspecified atom stereocenters. The summed E-state index contributed by atoms with van der Waals surface area (Å²) in [4.78, 5) is 4.68. The number of fused-ring (bicyclic) bond motifs is 1. The van der Waals surface area contributed by atoms with Gasteiger partial charge in [0, 0.05) is 0 Å². The summed E-state index contributed by atoms with van der Waals surface area (Å²) in [6, 6.07) is 14.2. The Kier molecular flexibility index (Phi) is 2.95. The molecule has 2 heteroatoms. The molecule has 0 aliphatic heterocycles. The third-order valence-electron chi connectivity index (χ3n) is 3.24. The van der Waals surface area contributed by atoms with Gasteiger partial charge in [0.2, 0.25) is 0 Å². The third-order valence-corrected chi connectivity index (χ3v) is 3.24. The van der Waals surface area contributed by atoms with Gasteiger partial charge < -0.3 is 0 Å². The van der Waals surface area contributed by atoms with Crippen LogP contribution in [0.4, 0.5) is 0 Å². The molecule has 2 nitrogen and oxygen atoms in total. The van der Waals surface area contributed by atoms with Crippen molar-refractivity contribution in [2.45, 2.75) is 25.9 Å². The van der Waals surface area contributed by atoms with Crippen molar-refractivity contribution in [2.75, 3.05) is 0 Å². The van der Waals surface area contributed by atoms with Gasteiger partial charge in [-0.2, -0.15) is 0 Å². The molecule has 0 aliphatic rings. The van der Waals surface area contributed by atoms with Crippen molar-refractivity contribution >= 4 is 10.8 Å². The zero-order chi connectivity index (χ0) is 11.6. The van der Waals surface area contributed by atoms with E-state index in [1.165, 1.54) is 0 Å². The molecular weight excluding hydrogens is 200 g/mol. The fraction of sp³-hybridized carbons (Fsp3) is 0.286. The van der Waals surface area contributed by atoms with Gasteiger partial charge in [0.15, 0.2) is 0 Å². The average Bonchev–Trinajstić information content (AvgIpc) is 2.37. The molecule has 84 valence electrons. The molecule has 0 bridgehead atoms. The molecule has 2 aromatic carbocycles. The Hall–Kier alpha value is -1.38. The van der Waals surface area contributed by atoms with Crippen LogP contribution in [0.2, 0.25) is 0 Å². The van der Waals surface area contributed by atoms with Gasteiger partial charge in [-0.25, -0.2) is 4.89 Å². The summed E-state index contributed by atoms with van der Waals surface area (Å²) in [5.41, 5.74) is 0.386. The fourth-order valence-electron chi connectivity index (χ4n) is 1.99. The van der Waals surface area contributed by atoms with Crippen molar-refractivity contribution in [2.24, 2.45) is 0 Å². The van der Waals surface area contributed by atoms with Crippen molar-refractivity contribution in [3.05, 3.63) is 48.0 Å². The van der Waals surface area contributed by atoms with Crippen LogP contribution in [0.15, 0.2) is 42.5 Å². The normalized spacial score (nSPS) is 14.9. The number of hydrogen-bond donors (Lipinski definition) is 1. The molecular formula is C14H16O2. The first-order valence-electron chi connectivity index (χ1n) is 5.52. The molecule has 0 aromatic heterocycles. The van der Waals surface area contributed by atoms with Crippen molar-refractivity contribution < 1.29 is 10.1 Å². The first kappa shape index (κ1) is 11.1. The molecule has 0 radical (unpaired) electrons. The van der Waals surface area contributed by atoms with E-state index in [-0.39, 0.29) is 0 Å². The van der Waals surface area contributed by atoms with E-state index in [9.17, 15) is 0 Å². The maximum absolute atomic E-state index is 9.10. The van der Waals surface area contributed by atoms with Gasteiger partial charge in [0.25, 0.3) is 0 Å². The second-order valence-electron chi connectivity index (χ2n) is 4.20. The van der Waals surface area contributed by atoms with Crippen molar-refractivity contribution in [1.29, 1.82) is 0 Å². The van der Waals surface area contributed by atoms with Crippen LogP contribution >= 0.6 is 0 Å². The van der Waals surface area contributed by atoms with Gasteiger partial charge >= 0.3 is 0 Å². The van der Waals surface area contributed by atoms with Crippen molar-refractivity contribution in [3.63, 3.8) is 0 Å². The summed E-state index contributed by atoms with van der Waals surface area (Å²) in [6.07, 6.45) is 0.720. The van der Waals surface area contributed by atoms with E-state index in [1.807, 2.05) is 38.1 Å². The van der Waals surface area contributed by atoms with E-state index in [1.54, 1.807) is 0 Å². The molecule has 0 heterocycles. The van der Waals surface area contributed by atoms with Gasteiger partial charge in [0.1, 0.15) is 5.60 Å².